The van der Waals surface area contributed by atoms with Gasteiger partial charge in [0.1, 0.15) is 0 Å². The highest BCUT2D eigenvalue weighted by atomic mass is 15.1. The average molecular weight is 682 g/mol. The summed E-state index contributed by atoms with van der Waals surface area (Å²) in [7, 11) is 0. The molecule has 4 aliphatic rings. The van der Waals surface area contributed by atoms with E-state index in [1.54, 1.807) is 11.1 Å². The molecule has 1 heteroatoms. The molecule has 7 aromatic carbocycles. The molecular formula is C52H43N. The molecule has 2 bridgehead atoms. The first-order valence-electron chi connectivity index (χ1n) is 19.5. The number of hydrogen-bond acceptors (Lipinski definition) is 1. The van der Waals surface area contributed by atoms with E-state index in [2.05, 4.69) is 183 Å². The summed E-state index contributed by atoms with van der Waals surface area (Å²) in [5, 5.41) is 0. The van der Waals surface area contributed by atoms with Crippen molar-refractivity contribution in [2.75, 3.05) is 4.90 Å². The number of anilines is 3. The van der Waals surface area contributed by atoms with Crippen molar-refractivity contribution in [3.05, 3.63) is 186 Å². The second-order valence-electron chi connectivity index (χ2n) is 16.5. The van der Waals surface area contributed by atoms with E-state index < -0.39 is 0 Å². The monoisotopic (exact) mass is 681 g/mol. The molecule has 3 unspecified atom stereocenters. The Balaban J connectivity index is 1.03. The summed E-state index contributed by atoms with van der Waals surface area (Å²) in [6.07, 6.45) is 5.47. The van der Waals surface area contributed by atoms with E-state index in [0.717, 1.165) is 23.2 Å². The van der Waals surface area contributed by atoms with Gasteiger partial charge in [-0.1, -0.05) is 148 Å². The molecule has 53 heavy (non-hydrogen) atoms. The van der Waals surface area contributed by atoms with Crippen molar-refractivity contribution in [2.24, 2.45) is 11.8 Å². The smallest absolute Gasteiger partial charge is 0.0465 e. The summed E-state index contributed by atoms with van der Waals surface area (Å²) < 4.78 is 0. The van der Waals surface area contributed by atoms with Crippen LogP contribution in [0.25, 0.3) is 44.5 Å². The number of hydrogen-bond donors (Lipinski definition) is 0. The van der Waals surface area contributed by atoms with Gasteiger partial charge in [-0.15, -0.1) is 0 Å². The maximum Gasteiger partial charge on any atom is 0.0465 e. The van der Waals surface area contributed by atoms with Gasteiger partial charge in [-0.2, -0.15) is 0 Å². The molecule has 2 saturated carbocycles. The number of rotatable bonds is 5. The first-order valence-corrected chi connectivity index (χ1v) is 19.5. The molecule has 0 aliphatic heterocycles. The molecule has 2 fully saturated rings. The maximum atomic E-state index is 2.46. The molecule has 0 heterocycles. The molecule has 4 aliphatic carbocycles. The summed E-state index contributed by atoms with van der Waals surface area (Å²) in [5.41, 5.74) is 20.3. The first-order chi connectivity index (χ1) is 26.0. The Morgan fingerprint density at radius 1 is 0.453 bits per heavy atom. The van der Waals surface area contributed by atoms with Crippen LogP contribution in [0.15, 0.2) is 164 Å². The first kappa shape index (κ1) is 30.9. The Bertz CT molecular complexity index is 2540. The van der Waals surface area contributed by atoms with Gasteiger partial charge >= 0.3 is 0 Å². The normalized spacial score (nSPS) is 20.9. The standard InChI is InChI=1S/C52H43N/c1-51(2)46-16-8-6-13-43(46)44-30-29-41(32-49(44)51)53(39-25-20-36(21-26-39)35-11-4-3-5-12-35)40-27-22-37(23-28-40)42-15-10-18-48-50(42)45-14-7-9-17-47(45)52(48)33-34-19-24-38(52)31-34/h3-18,20-23,25-30,32,34,38H,19,24,31,33H2,1-2H3. The Hall–Kier alpha value is -5.66. The molecule has 0 saturated heterocycles. The summed E-state index contributed by atoms with van der Waals surface area (Å²) >= 11 is 0. The fourth-order valence-corrected chi connectivity index (χ4v) is 11.2. The lowest BCUT2D eigenvalue weighted by atomic mass is 9.66. The molecule has 1 nitrogen and oxygen atoms in total. The lowest BCUT2D eigenvalue weighted by Crippen LogP contribution is -2.31. The second-order valence-corrected chi connectivity index (χ2v) is 16.5. The minimum Gasteiger partial charge on any atom is -0.310 e. The Labute approximate surface area is 313 Å². The predicted molar refractivity (Wildman–Crippen MR) is 221 cm³/mol. The van der Waals surface area contributed by atoms with Gasteiger partial charge in [0.2, 0.25) is 0 Å². The van der Waals surface area contributed by atoms with Gasteiger partial charge in [-0.25, -0.2) is 0 Å². The van der Waals surface area contributed by atoms with Crippen molar-refractivity contribution in [3.63, 3.8) is 0 Å². The van der Waals surface area contributed by atoms with Crippen LogP contribution in [0.1, 0.15) is 61.8 Å². The van der Waals surface area contributed by atoms with Gasteiger partial charge in [0.25, 0.3) is 0 Å². The number of benzene rings is 7. The predicted octanol–water partition coefficient (Wildman–Crippen LogP) is 13.9. The van der Waals surface area contributed by atoms with Gasteiger partial charge in [0, 0.05) is 27.9 Å². The fourth-order valence-electron chi connectivity index (χ4n) is 11.2. The van der Waals surface area contributed by atoms with Crippen LogP contribution in [-0.4, -0.2) is 0 Å². The van der Waals surface area contributed by atoms with E-state index in [0.29, 0.717) is 0 Å². The Morgan fingerprint density at radius 2 is 1.04 bits per heavy atom. The van der Waals surface area contributed by atoms with Gasteiger partial charge in [0.05, 0.1) is 0 Å². The second kappa shape index (κ2) is 11.4. The molecular weight excluding hydrogens is 639 g/mol. The molecule has 11 rings (SSSR count). The topological polar surface area (TPSA) is 3.24 Å². The van der Waals surface area contributed by atoms with Gasteiger partial charge < -0.3 is 4.90 Å². The number of fused-ring (bicyclic) bond motifs is 11. The lowest BCUT2D eigenvalue weighted by molar-refractivity contribution is 0.327. The van der Waals surface area contributed by atoms with Gasteiger partial charge in [-0.3, -0.25) is 0 Å². The molecule has 256 valence electrons. The van der Waals surface area contributed by atoms with E-state index >= 15 is 0 Å². The van der Waals surface area contributed by atoms with Crippen LogP contribution in [0.4, 0.5) is 17.1 Å². The minimum atomic E-state index is -0.0746. The fraction of sp³-hybridized carbons (Fsp3) is 0.192. The quantitative estimate of drug-likeness (QED) is 0.175. The van der Waals surface area contributed by atoms with E-state index in [4.69, 9.17) is 0 Å². The molecule has 1 spiro atoms. The third-order valence-corrected chi connectivity index (χ3v) is 13.6. The Kier molecular flexibility index (Phi) is 6.66. The molecule has 7 aromatic rings. The van der Waals surface area contributed by atoms with E-state index in [-0.39, 0.29) is 10.8 Å². The van der Waals surface area contributed by atoms with Crippen LogP contribution in [0, 0.1) is 11.8 Å². The van der Waals surface area contributed by atoms with Crippen molar-refractivity contribution < 1.29 is 0 Å². The third-order valence-electron chi connectivity index (χ3n) is 13.6. The molecule has 3 atom stereocenters. The zero-order chi connectivity index (χ0) is 35.3. The van der Waals surface area contributed by atoms with Crippen molar-refractivity contribution in [3.8, 4) is 44.5 Å². The summed E-state index contributed by atoms with van der Waals surface area (Å²) in [4.78, 5) is 2.44. The van der Waals surface area contributed by atoms with Crippen molar-refractivity contribution in [2.45, 2.75) is 50.4 Å². The maximum absolute atomic E-state index is 2.46. The van der Waals surface area contributed by atoms with Crippen LogP contribution in [-0.2, 0) is 10.8 Å². The van der Waals surface area contributed by atoms with E-state index in [1.807, 2.05) is 0 Å². The SMILES string of the molecule is CC1(C)c2ccccc2-c2ccc(N(c3ccc(-c4ccccc4)cc3)c3ccc(-c4cccc5c4-c4ccccc4C54CC5CCC4C5)cc3)cc21. The third kappa shape index (κ3) is 4.43. The van der Waals surface area contributed by atoms with Crippen LogP contribution >= 0.6 is 0 Å². The highest BCUT2D eigenvalue weighted by Gasteiger charge is 2.57. The van der Waals surface area contributed by atoms with Crippen molar-refractivity contribution in [1.29, 1.82) is 0 Å². The van der Waals surface area contributed by atoms with E-state index in [1.165, 1.54) is 87.0 Å². The minimum absolute atomic E-state index is 0.0746. The average Bonchev–Trinajstić information content (AvgIpc) is 3.96. The lowest BCUT2D eigenvalue weighted by Gasteiger charge is -2.36. The zero-order valence-electron chi connectivity index (χ0n) is 30.5. The Morgan fingerprint density at radius 3 is 1.75 bits per heavy atom. The largest absolute Gasteiger partial charge is 0.310 e. The van der Waals surface area contributed by atoms with Crippen LogP contribution < -0.4 is 4.90 Å². The van der Waals surface area contributed by atoms with Crippen molar-refractivity contribution >= 4 is 17.1 Å². The highest BCUT2D eigenvalue weighted by molar-refractivity contribution is 5.94. The summed E-state index contributed by atoms with van der Waals surface area (Å²) in [6, 6.07) is 61.6. The van der Waals surface area contributed by atoms with Gasteiger partial charge in [-0.05, 0) is 134 Å². The molecule has 0 radical (unpaired) electrons. The summed E-state index contributed by atoms with van der Waals surface area (Å²) in [5.74, 6) is 1.63. The van der Waals surface area contributed by atoms with Crippen LogP contribution in [0.3, 0.4) is 0 Å². The molecule has 0 aromatic heterocycles. The zero-order valence-corrected chi connectivity index (χ0v) is 30.5. The summed E-state index contributed by atoms with van der Waals surface area (Å²) in [6.45, 7) is 4.74. The van der Waals surface area contributed by atoms with Gasteiger partial charge in [0.15, 0.2) is 0 Å². The highest BCUT2D eigenvalue weighted by Crippen LogP contribution is 2.66. The van der Waals surface area contributed by atoms with Crippen molar-refractivity contribution in [1.82, 2.24) is 0 Å². The number of nitrogens with zero attached hydrogens (tertiary/aromatic N) is 1. The van der Waals surface area contributed by atoms with Crippen LogP contribution in [0.5, 0.6) is 0 Å². The molecule has 0 amide bonds. The van der Waals surface area contributed by atoms with Crippen LogP contribution in [0.2, 0.25) is 0 Å². The van der Waals surface area contributed by atoms with E-state index in [9.17, 15) is 0 Å². The molecule has 0 N–H and O–H groups in total.